The predicted octanol–water partition coefficient (Wildman–Crippen LogP) is 4.01. The number of ether oxygens (including phenoxy) is 2. The van der Waals surface area contributed by atoms with E-state index in [0.29, 0.717) is 22.6 Å². The maximum Gasteiger partial charge on any atom is 0.160 e. The number of methoxy groups -OCH3 is 2. The van der Waals surface area contributed by atoms with Gasteiger partial charge in [-0.15, -0.1) is 0 Å². The number of hydrogen-bond donors (Lipinski definition) is 1. The molecule has 25 heavy (non-hydrogen) atoms. The molecular weight excluding hydrogens is 316 g/mol. The van der Waals surface area contributed by atoms with Crippen LogP contribution in [0.1, 0.15) is 23.5 Å². The van der Waals surface area contributed by atoms with Crippen molar-refractivity contribution in [1.29, 1.82) is 10.5 Å². The minimum absolute atomic E-state index is 0.000488. The van der Waals surface area contributed by atoms with E-state index in [0.717, 1.165) is 5.56 Å². The van der Waals surface area contributed by atoms with Crippen LogP contribution in [0.15, 0.2) is 48.0 Å². The Bertz CT molecular complexity index is 843. The highest BCUT2D eigenvalue weighted by atomic mass is 16.5. The zero-order valence-corrected chi connectivity index (χ0v) is 14.1. The van der Waals surface area contributed by atoms with Crippen molar-refractivity contribution in [3.05, 3.63) is 59.2 Å². The van der Waals surface area contributed by atoms with Gasteiger partial charge in [0.15, 0.2) is 11.5 Å². The molecule has 0 saturated carbocycles. The van der Waals surface area contributed by atoms with Gasteiger partial charge in [0.05, 0.1) is 32.3 Å². The second kappa shape index (κ2) is 8.42. The van der Waals surface area contributed by atoms with E-state index in [-0.39, 0.29) is 12.2 Å². The van der Waals surface area contributed by atoms with Gasteiger partial charge in [0.25, 0.3) is 0 Å². The number of rotatable bonds is 6. The standard InChI is InChI=1S/C20H18N2O3/c1-24-18-6-4-16(5-7-18)17(13-22)10-15(12-21)9-14-3-8-20(25-2)19(23)11-14/h3-9,11,17,23H,10H2,1-2H3/b15-9-/t17-/m1/s1. The molecule has 2 rings (SSSR count). The Morgan fingerprint density at radius 1 is 1.12 bits per heavy atom. The van der Waals surface area contributed by atoms with E-state index in [1.807, 2.05) is 12.1 Å². The molecule has 2 aromatic rings. The van der Waals surface area contributed by atoms with Crippen molar-refractivity contribution in [1.82, 2.24) is 0 Å². The third-order valence-corrected chi connectivity index (χ3v) is 3.79. The summed E-state index contributed by atoms with van der Waals surface area (Å²) in [7, 11) is 3.05. The Hall–Kier alpha value is -3.44. The topological polar surface area (TPSA) is 86.3 Å². The van der Waals surface area contributed by atoms with Crippen LogP contribution in [0.5, 0.6) is 17.2 Å². The van der Waals surface area contributed by atoms with E-state index in [9.17, 15) is 15.6 Å². The molecule has 0 amide bonds. The molecule has 0 aliphatic carbocycles. The second-order valence-corrected chi connectivity index (χ2v) is 5.37. The van der Waals surface area contributed by atoms with Crippen molar-refractivity contribution in [3.63, 3.8) is 0 Å². The number of phenolic OH excluding ortho intramolecular Hbond substituents is 1. The van der Waals surface area contributed by atoms with Gasteiger partial charge >= 0.3 is 0 Å². The molecule has 5 nitrogen and oxygen atoms in total. The molecule has 0 fully saturated rings. The van der Waals surface area contributed by atoms with Gasteiger partial charge in [-0.05, 0) is 41.5 Å². The fourth-order valence-corrected chi connectivity index (χ4v) is 2.43. The molecule has 0 aliphatic rings. The highest BCUT2D eigenvalue weighted by Crippen LogP contribution is 2.29. The van der Waals surface area contributed by atoms with Crippen LogP contribution in [0.25, 0.3) is 6.08 Å². The van der Waals surface area contributed by atoms with E-state index >= 15 is 0 Å². The average Bonchev–Trinajstić information content (AvgIpc) is 2.65. The molecule has 0 aromatic heterocycles. The van der Waals surface area contributed by atoms with Crippen LogP contribution < -0.4 is 9.47 Å². The van der Waals surface area contributed by atoms with E-state index in [4.69, 9.17) is 9.47 Å². The second-order valence-electron chi connectivity index (χ2n) is 5.37. The van der Waals surface area contributed by atoms with Crippen molar-refractivity contribution in [3.8, 4) is 29.4 Å². The first-order valence-corrected chi connectivity index (χ1v) is 7.62. The Kier molecular flexibility index (Phi) is 6.03. The molecule has 0 heterocycles. The molecule has 0 spiro atoms. The van der Waals surface area contributed by atoms with Crippen LogP contribution in [0.3, 0.4) is 0 Å². The lowest BCUT2D eigenvalue weighted by Gasteiger charge is -2.10. The summed E-state index contributed by atoms with van der Waals surface area (Å²) >= 11 is 0. The molecule has 1 N–H and O–H groups in total. The minimum atomic E-state index is -0.441. The maximum atomic E-state index is 9.83. The van der Waals surface area contributed by atoms with Crippen LogP contribution in [0.2, 0.25) is 0 Å². The van der Waals surface area contributed by atoms with E-state index in [1.165, 1.54) is 13.2 Å². The highest BCUT2D eigenvalue weighted by molar-refractivity contribution is 5.61. The van der Waals surface area contributed by atoms with Crippen LogP contribution in [0.4, 0.5) is 0 Å². The fraction of sp³-hybridized carbons (Fsp3) is 0.200. The monoisotopic (exact) mass is 334 g/mol. The summed E-state index contributed by atoms with van der Waals surface area (Å²) in [5.41, 5.74) is 1.94. The van der Waals surface area contributed by atoms with Gasteiger partial charge in [0, 0.05) is 12.0 Å². The Balaban J connectivity index is 2.23. The van der Waals surface area contributed by atoms with Gasteiger partial charge in [-0.25, -0.2) is 0 Å². The molecule has 5 heteroatoms. The number of allylic oxidation sites excluding steroid dienone is 1. The molecule has 1 atom stereocenters. The van der Waals surface area contributed by atoms with Gasteiger partial charge in [-0.1, -0.05) is 18.2 Å². The van der Waals surface area contributed by atoms with Crippen molar-refractivity contribution >= 4 is 6.08 Å². The van der Waals surface area contributed by atoms with Gasteiger partial charge < -0.3 is 14.6 Å². The highest BCUT2D eigenvalue weighted by Gasteiger charge is 2.14. The van der Waals surface area contributed by atoms with E-state index in [2.05, 4.69) is 12.1 Å². The average molecular weight is 334 g/mol. The predicted molar refractivity (Wildman–Crippen MR) is 94.2 cm³/mol. The van der Waals surface area contributed by atoms with Crippen LogP contribution >= 0.6 is 0 Å². The first kappa shape index (κ1) is 17.9. The summed E-state index contributed by atoms with van der Waals surface area (Å²) in [4.78, 5) is 0. The molecule has 126 valence electrons. The maximum absolute atomic E-state index is 9.83. The van der Waals surface area contributed by atoms with Crippen LogP contribution in [-0.2, 0) is 0 Å². The first-order chi connectivity index (χ1) is 12.1. The third kappa shape index (κ3) is 4.53. The number of nitriles is 2. The largest absolute Gasteiger partial charge is 0.504 e. The van der Waals surface area contributed by atoms with Gasteiger partial charge in [0.1, 0.15) is 5.75 Å². The molecule has 0 aliphatic heterocycles. The molecular formula is C20H18N2O3. The zero-order valence-electron chi connectivity index (χ0n) is 14.1. The summed E-state index contributed by atoms with van der Waals surface area (Å²) in [5.74, 6) is 0.637. The molecule has 0 saturated heterocycles. The number of aromatic hydroxyl groups is 1. The summed E-state index contributed by atoms with van der Waals surface area (Å²) in [6.45, 7) is 0. The Labute approximate surface area is 147 Å². The minimum Gasteiger partial charge on any atom is -0.504 e. The van der Waals surface area contributed by atoms with Crippen molar-refractivity contribution in [2.75, 3.05) is 14.2 Å². The third-order valence-electron chi connectivity index (χ3n) is 3.79. The van der Waals surface area contributed by atoms with Gasteiger partial charge in [-0.3, -0.25) is 0 Å². The SMILES string of the molecule is COc1ccc([C@@H](C#N)C/C(C#N)=C/c2ccc(OC)c(O)c2)cc1. The van der Waals surface area contributed by atoms with Crippen molar-refractivity contribution < 1.29 is 14.6 Å². The summed E-state index contributed by atoms with van der Waals surface area (Å²) in [6.07, 6.45) is 1.94. The van der Waals surface area contributed by atoms with Crippen LogP contribution in [0, 0.1) is 22.7 Å². The summed E-state index contributed by atoms with van der Waals surface area (Å²) < 4.78 is 10.1. The lowest BCUT2D eigenvalue weighted by atomic mass is 9.92. The smallest absolute Gasteiger partial charge is 0.160 e. The normalized spacial score (nSPS) is 11.9. The first-order valence-electron chi connectivity index (χ1n) is 7.62. The number of hydrogen-bond acceptors (Lipinski definition) is 5. The molecule has 0 unspecified atom stereocenters. The van der Waals surface area contributed by atoms with Crippen LogP contribution in [-0.4, -0.2) is 19.3 Å². The summed E-state index contributed by atoms with van der Waals surface area (Å²) in [5, 5.41) is 28.7. The van der Waals surface area contributed by atoms with Gasteiger partial charge in [0.2, 0.25) is 0 Å². The lowest BCUT2D eigenvalue weighted by Crippen LogP contribution is -1.98. The van der Waals surface area contributed by atoms with Crippen molar-refractivity contribution in [2.45, 2.75) is 12.3 Å². The molecule has 0 bridgehead atoms. The van der Waals surface area contributed by atoms with Gasteiger partial charge in [-0.2, -0.15) is 10.5 Å². The fourth-order valence-electron chi connectivity index (χ4n) is 2.43. The molecule has 2 aromatic carbocycles. The Morgan fingerprint density at radius 3 is 2.36 bits per heavy atom. The quantitative estimate of drug-likeness (QED) is 0.807. The number of phenols is 1. The number of benzene rings is 2. The zero-order chi connectivity index (χ0) is 18.2. The lowest BCUT2D eigenvalue weighted by molar-refractivity contribution is 0.373. The number of nitrogens with zero attached hydrogens (tertiary/aromatic N) is 2. The van der Waals surface area contributed by atoms with E-state index < -0.39 is 5.92 Å². The molecule has 0 radical (unpaired) electrons. The summed E-state index contributed by atoms with van der Waals surface area (Å²) in [6, 6.07) is 16.5. The Morgan fingerprint density at radius 2 is 1.84 bits per heavy atom. The van der Waals surface area contributed by atoms with E-state index in [1.54, 1.807) is 37.5 Å². The van der Waals surface area contributed by atoms with Crippen molar-refractivity contribution in [2.24, 2.45) is 0 Å².